The lowest BCUT2D eigenvalue weighted by Gasteiger charge is -2.36. The molecule has 0 radical (unpaired) electrons. The third-order valence-corrected chi connectivity index (χ3v) is 4.48. The number of rotatable bonds is 4. The number of piperazine rings is 1. The van der Waals surface area contributed by atoms with Crippen LogP contribution in [0.5, 0.6) is 11.5 Å². The number of hydrogen-bond acceptors (Lipinski definition) is 6. The number of carbonyl (C=O) groups is 1. The van der Waals surface area contributed by atoms with Gasteiger partial charge in [-0.15, -0.1) is 0 Å². The third kappa shape index (κ3) is 3.76. The highest BCUT2D eigenvalue weighted by Crippen LogP contribution is 2.32. The number of ketones is 1. The van der Waals surface area contributed by atoms with Gasteiger partial charge < -0.3 is 19.5 Å². The van der Waals surface area contributed by atoms with Gasteiger partial charge in [0.15, 0.2) is 17.3 Å². The van der Waals surface area contributed by atoms with Crippen molar-refractivity contribution in [2.45, 2.75) is 20.4 Å². The van der Waals surface area contributed by atoms with E-state index in [0.29, 0.717) is 13.1 Å². The number of ether oxygens (including phenoxy) is 2. The fraction of sp³-hybridized carbons (Fsp3) is 0.444. The SMILES string of the molecule is CC(=O)/C(C(=N)N1CCN(Cc2ccc3c(c2)OCO3)CC1)=C(/C)O. The molecule has 0 aromatic heterocycles. The van der Waals surface area contributed by atoms with Crippen molar-refractivity contribution >= 4 is 11.6 Å². The first-order valence-electron chi connectivity index (χ1n) is 8.31. The Labute approximate surface area is 146 Å². The zero-order valence-electron chi connectivity index (χ0n) is 14.5. The number of nitrogens with one attached hydrogen (secondary N) is 1. The number of aliphatic hydroxyl groups is 1. The van der Waals surface area contributed by atoms with Crippen molar-refractivity contribution < 1.29 is 19.4 Å². The molecule has 1 aromatic carbocycles. The van der Waals surface area contributed by atoms with Crippen molar-refractivity contribution in [3.8, 4) is 11.5 Å². The van der Waals surface area contributed by atoms with Gasteiger partial charge in [0.05, 0.1) is 5.57 Å². The molecule has 1 saturated heterocycles. The molecule has 0 spiro atoms. The number of allylic oxidation sites excluding steroid dienone is 1. The van der Waals surface area contributed by atoms with E-state index >= 15 is 0 Å². The summed E-state index contributed by atoms with van der Waals surface area (Å²) >= 11 is 0. The largest absolute Gasteiger partial charge is 0.512 e. The molecule has 2 N–H and O–H groups in total. The minimum absolute atomic E-state index is 0.0970. The fourth-order valence-electron chi connectivity index (χ4n) is 3.18. The smallest absolute Gasteiger partial charge is 0.231 e. The van der Waals surface area contributed by atoms with E-state index < -0.39 is 0 Å². The molecule has 0 unspecified atom stereocenters. The zero-order chi connectivity index (χ0) is 18.0. The summed E-state index contributed by atoms with van der Waals surface area (Å²) in [4.78, 5) is 15.8. The summed E-state index contributed by atoms with van der Waals surface area (Å²) in [5, 5.41) is 17.9. The summed E-state index contributed by atoms with van der Waals surface area (Å²) in [5.41, 5.74) is 1.26. The van der Waals surface area contributed by atoms with Crippen LogP contribution in [0.15, 0.2) is 29.5 Å². The minimum Gasteiger partial charge on any atom is -0.512 e. The van der Waals surface area contributed by atoms with Crippen molar-refractivity contribution in [2.24, 2.45) is 0 Å². The van der Waals surface area contributed by atoms with Crippen molar-refractivity contribution in [2.75, 3.05) is 33.0 Å². The third-order valence-electron chi connectivity index (χ3n) is 4.48. The van der Waals surface area contributed by atoms with Crippen LogP contribution < -0.4 is 9.47 Å². The van der Waals surface area contributed by atoms with Crippen LogP contribution in [0.2, 0.25) is 0 Å². The molecule has 0 amide bonds. The predicted octanol–water partition coefficient (Wildman–Crippen LogP) is 1.93. The van der Waals surface area contributed by atoms with E-state index in [2.05, 4.69) is 4.90 Å². The zero-order valence-corrected chi connectivity index (χ0v) is 14.5. The average Bonchev–Trinajstić information content (AvgIpc) is 3.02. The molecule has 3 rings (SSSR count). The van der Waals surface area contributed by atoms with Gasteiger partial charge in [-0.25, -0.2) is 0 Å². The first-order valence-corrected chi connectivity index (χ1v) is 8.31. The average molecular weight is 345 g/mol. The van der Waals surface area contributed by atoms with E-state index in [-0.39, 0.29) is 29.7 Å². The number of carbonyl (C=O) groups excluding carboxylic acids is 1. The first kappa shape index (κ1) is 17.3. The molecule has 0 atom stereocenters. The van der Waals surface area contributed by atoms with E-state index in [0.717, 1.165) is 36.7 Å². The second kappa shape index (κ2) is 7.14. The minimum atomic E-state index is -0.284. The molecular formula is C18H23N3O4. The van der Waals surface area contributed by atoms with Gasteiger partial charge in [0, 0.05) is 32.7 Å². The molecule has 0 aliphatic carbocycles. The lowest BCUT2D eigenvalue weighted by Crippen LogP contribution is -2.49. The normalized spacial score (nSPS) is 18.1. The molecule has 0 saturated carbocycles. The number of benzene rings is 1. The van der Waals surface area contributed by atoms with Gasteiger partial charge in [-0.05, 0) is 31.5 Å². The van der Waals surface area contributed by atoms with Crippen LogP contribution in [0.3, 0.4) is 0 Å². The Morgan fingerprint density at radius 2 is 1.84 bits per heavy atom. The van der Waals surface area contributed by atoms with E-state index in [9.17, 15) is 9.90 Å². The van der Waals surface area contributed by atoms with Gasteiger partial charge in [0.1, 0.15) is 11.6 Å². The van der Waals surface area contributed by atoms with Crippen LogP contribution in [0.25, 0.3) is 0 Å². The summed E-state index contributed by atoms with van der Waals surface area (Å²) in [6.45, 7) is 6.75. The van der Waals surface area contributed by atoms with E-state index in [1.807, 2.05) is 23.1 Å². The second-order valence-corrected chi connectivity index (χ2v) is 6.32. The Bertz CT molecular complexity index is 717. The lowest BCUT2D eigenvalue weighted by molar-refractivity contribution is -0.113. The fourth-order valence-corrected chi connectivity index (χ4v) is 3.18. The van der Waals surface area contributed by atoms with Crippen molar-refractivity contribution in [1.29, 1.82) is 5.41 Å². The maximum atomic E-state index is 11.7. The van der Waals surface area contributed by atoms with Crippen molar-refractivity contribution in [1.82, 2.24) is 9.80 Å². The Hall–Kier alpha value is -2.54. The van der Waals surface area contributed by atoms with Crippen LogP contribution in [0, 0.1) is 5.41 Å². The Kier molecular flexibility index (Phi) is 4.94. The number of Topliss-reactive ketones (excluding diaryl/α,β-unsaturated/α-hetero) is 1. The maximum absolute atomic E-state index is 11.7. The molecule has 2 aliphatic heterocycles. The van der Waals surface area contributed by atoms with Gasteiger partial charge in [-0.2, -0.15) is 0 Å². The van der Waals surface area contributed by atoms with Crippen molar-refractivity contribution in [3.05, 3.63) is 35.1 Å². The lowest BCUT2D eigenvalue weighted by atomic mass is 10.1. The topological polar surface area (TPSA) is 86.1 Å². The molecule has 7 heteroatoms. The van der Waals surface area contributed by atoms with Crippen LogP contribution >= 0.6 is 0 Å². The molecule has 2 aliphatic rings. The van der Waals surface area contributed by atoms with Crippen LogP contribution in [0.1, 0.15) is 19.4 Å². The number of nitrogens with zero attached hydrogens (tertiary/aromatic N) is 2. The van der Waals surface area contributed by atoms with Gasteiger partial charge in [-0.3, -0.25) is 15.1 Å². The van der Waals surface area contributed by atoms with Gasteiger partial charge >= 0.3 is 0 Å². The maximum Gasteiger partial charge on any atom is 0.231 e. The molecular weight excluding hydrogens is 322 g/mol. The number of aliphatic hydroxyl groups excluding tert-OH is 1. The Morgan fingerprint density at radius 3 is 2.48 bits per heavy atom. The Morgan fingerprint density at radius 1 is 1.16 bits per heavy atom. The molecule has 2 heterocycles. The number of amidine groups is 1. The molecule has 0 bridgehead atoms. The molecule has 1 fully saturated rings. The molecule has 25 heavy (non-hydrogen) atoms. The molecule has 134 valence electrons. The van der Waals surface area contributed by atoms with E-state index in [1.54, 1.807) is 0 Å². The highest BCUT2D eigenvalue weighted by atomic mass is 16.7. The van der Waals surface area contributed by atoms with Gasteiger partial charge in [0.25, 0.3) is 0 Å². The highest BCUT2D eigenvalue weighted by Gasteiger charge is 2.24. The highest BCUT2D eigenvalue weighted by molar-refractivity contribution is 6.19. The van der Waals surface area contributed by atoms with Gasteiger partial charge in [0.2, 0.25) is 6.79 Å². The quantitative estimate of drug-likeness (QED) is 0.375. The monoisotopic (exact) mass is 345 g/mol. The molecule has 1 aromatic rings. The van der Waals surface area contributed by atoms with E-state index in [4.69, 9.17) is 14.9 Å². The summed E-state index contributed by atoms with van der Waals surface area (Å²) in [6.07, 6.45) is 0. The van der Waals surface area contributed by atoms with Crippen molar-refractivity contribution in [3.63, 3.8) is 0 Å². The van der Waals surface area contributed by atoms with Crippen LogP contribution in [-0.2, 0) is 11.3 Å². The summed E-state index contributed by atoms with van der Waals surface area (Å²) in [6, 6.07) is 5.97. The van der Waals surface area contributed by atoms with Crippen LogP contribution in [-0.4, -0.2) is 59.5 Å². The predicted molar refractivity (Wildman–Crippen MR) is 93.2 cm³/mol. The summed E-state index contributed by atoms with van der Waals surface area (Å²) < 4.78 is 10.7. The second-order valence-electron chi connectivity index (χ2n) is 6.32. The van der Waals surface area contributed by atoms with Crippen LogP contribution in [0.4, 0.5) is 0 Å². The molecule has 7 nitrogen and oxygen atoms in total. The standard InChI is InChI=1S/C18H23N3O4/c1-12(22)17(13(2)23)18(19)21-7-5-20(6-8-21)10-14-3-4-15-16(9-14)25-11-24-15/h3-4,9,19,22H,5-8,10-11H2,1-2H3/b17-12+,19-18?. The first-order chi connectivity index (χ1) is 12.0. The number of hydrogen-bond donors (Lipinski definition) is 2. The number of fused-ring (bicyclic) bond motifs is 1. The Balaban J connectivity index is 1.58. The van der Waals surface area contributed by atoms with E-state index in [1.165, 1.54) is 13.8 Å². The van der Waals surface area contributed by atoms with Gasteiger partial charge in [-0.1, -0.05) is 6.07 Å². The summed E-state index contributed by atoms with van der Waals surface area (Å²) in [7, 11) is 0. The summed E-state index contributed by atoms with van der Waals surface area (Å²) in [5.74, 6) is 1.29.